The Morgan fingerprint density at radius 1 is 1.22 bits per heavy atom. The second-order valence-electron chi connectivity index (χ2n) is 6.12. The van der Waals surface area contributed by atoms with Crippen molar-refractivity contribution >= 4 is 5.91 Å². The van der Waals surface area contributed by atoms with Crippen molar-refractivity contribution in [3.05, 3.63) is 0 Å². The molecule has 3 nitrogen and oxygen atoms in total. The van der Waals surface area contributed by atoms with E-state index in [9.17, 15) is 4.79 Å². The molecule has 0 aromatic rings. The van der Waals surface area contributed by atoms with Crippen LogP contribution in [0.2, 0.25) is 0 Å². The fourth-order valence-electron chi connectivity index (χ4n) is 2.91. The lowest BCUT2D eigenvalue weighted by atomic mass is 9.73. The Morgan fingerprint density at radius 3 is 2.06 bits per heavy atom. The van der Waals surface area contributed by atoms with Gasteiger partial charge < -0.3 is 10.6 Å². The summed E-state index contributed by atoms with van der Waals surface area (Å²) in [5.74, 6) is 0.258. The fourth-order valence-corrected chi connectivity index (χ4v) is 2.91. The molecule has 18 heavy (non-hydrogen) atoms. The highest BCUT2D eigenvalue weighted by Crippen LogP contribution is 2.39. The Balaban J connectivity index is 2.65. The smallest absolute Gasteiger partial charge is 0.229 e. The number of likely N-dealkylation sites (tertiary alicyclic amines) is 1. The first-order valence-electron chi connectivity index (χ1n) is 7.46. The number of nitrogens with two attached hydrogens (primary N) is 1. The molecule has 2 N–H and O–H groups in total. The molecular formula is C15H30N2O. The van der Waals surface area contributed by atoms with Gasteiger partial charge in [-0.25, -0.2) is 0 Å². The molecule has 1 fully saturated rings. The van der Waals surface area contributed by atoms with Crippen molar-refractivity contribution in [1.29, 1.82) is 0 Å². The predicted molar refractivity (Wildman–Crippen MR) is 76.3 cm³/mol. The van der Waals surface area contributed by atoms with Crippen LogP contribution in [0, 0.1) is 10.8 Å². The van der Waals surface area contributed by atoms with E-state index in [1.165, 1.54) is 12.8 Å². The lowest BCUT2D eigenvalue weighted by Crippen LogP contribution is -2.50. The molecule has 0 spiro atoms. The van der Waals surface area contributed by atoms with Gasteiger partial charge in [-0.1, -0.05) is 33.6 Å². The molecule has 1 saturated heterocycles. The van der Waals surface area contributed by atoms with E-state index in [1.807, 2.05) is 11.8 Å². The van der Waals surface area contributed by atoms with E-state index in [1.54, 1.807) is 0 Å². The van der Waals surface area contributed by atoms with Crippen molar-refractivity contribution in [2.24, 2.45) is 16.6 Å². The second-order valence-corrected chi connectivity index (χ2v) is 6.12. The molecule has 1 heterocycles. The van der Waals surface area contributed by atoms with Gasteiger partial charge in [-0.3, -0.25) is 4.79 Å². The standard InChI is InChI=1S/C15H30N2O/c1-5-14(4,12-16)13(18)17-10-8-15(6-2,7-3)9-11-17/h5-12,16H2,1-4H3. The average molecular weight is 254 g/mol. The Labute approximate surface area is 112 Å². The lowest BCUT2D eigenvalue weighted by molar-refractivity contribution is -0.143. The van der Waals surface area contributed by atoms with Crippen LogP contribution in [-0.2, 0) is 4.79 Å². The maximum Gasteiger partial charge on any atom is 0.229 e. The molecule has 1 amide bonds. The van der Waals surface area contributed by atoms with Crippen LogP contribution < -0.4 is 5.73 Å². The fraction of sp³-hybridized carbons (Fsp3) is 0.933. The molecule has 0 radical (unpaired) electrons. The molecule has 0 saturated carbocycles. The van der Waals surface area contributed by atoms with Crippen molar-refractivity contribution in [2.75, 3.05) is 19.6 Å². The molecular weight excluding hydrogens is 224 g/mol. The third kappa shape index (κ3) is 2.87. The predicted octanol–water partition coefficient (Wildman–Crippen LogP) is 2.79. The minimum Gasteiger partial charge on any atom is -0.342 e. The summed E-state index contributed by atoms with van der Waals surface area (Å²) in [6.45, 7) is 10.9. The van der Waals surface area contributed by atoms with E-state index in [0.29, 0.717) is 12.0 Å². The Morgan fingerprint density at radius 2 is 1.72 bits per heavy atom. The van der Waals surface area contributed by atoms with Gasteiger partial charge in [0.1, 0.15) is 0 Å². The van der Waals surface area contributed by atoms with Gasteiger partial charge in [-0.2, -0.15) is 0 Å². The minimum atomic E-state index is -0.363. The van der Waals surface area contributed by atoms with Gasteiger partial charge in [0.15, 0.2) is 0 Å². The van der Waals surface area contributed by atoms with Gasteiger partial charge in [0.05, 0.1) is 5.41 Å². The average Bonchev–Trinajstić information content (AvgIpc) is 2.45. The summed E-state index contributed by atoms with van der Waals surface area (Å²) < 4.78 is 0. The number of carbonyl (C=O) groups is 1. The van der Waals surface area contributed by atoms with Crippen molar-refractivity contribution < 1.29 is 4.79 Å². The summed E-state index contributed by atoms with van der Waals surface area (Å²) in [5.41, 5.74) is 5.89. The Hall–Kier alpha value is -0.570. The van der Waals surface area contributed by atoms with Crippen LogP contribution in [0.15, 0.2) is 0 Å². The maximum absolute atomic E-state index is 12.5. The van der Waals surface area contributed by atoms with E-state index in [-0.39, 0.29) is 11.3 Å². The lowest BCUT2D eigenvalue weighted by Gasteiger charge is -2.43. The molecule has 3 heteroatoms. The van der Waals surface area contributed by atoms with Crippen LogP contribution in [0.5, 0.6) is 0 Å². The van der Waals surface area contributed by atoms with Crippen molar-refractivity contribution in [2.45, 2.75) is 59.8 Å². The molecule has 1 aliphatic heterocycles. The molecule has 0 aromatic heterocycles. The number of amides is 1. The first-order chi connectivity index (χ1) is 8.47. The largest absolute Gasteiger partial charge is 0.342 e. The molecule has 1 atom stereocenters. The zero-order chi connectivity index (χ0) is 13.8. The summed E-state index contributed by atoms with van der Waals surface area (Å²) in [6.07, 6.45) is 5.58. The monoisotopic (exact) mass is 254 g/mol. The van der Waals surface area contributed by atoms with Crippen molar-refractivity contribution in [1.82, 2.24) is 4.90 Å². The van der Waals surface area contributed by atoms with Crippen LogP contribution in [0.1, 0.15) is 59.8 Å². The van der Waals surface area contributed by atoms with E-state index < -0.39 is 0 Å². The van der Waals surface area contributed by atoms with Gasteiger partial charge in [0, 0.05) is 19.6 Å². The SMILES string of the molecule is CCC1(CC)CCN(C(=O)C(C)(CC)CN)CC1. The second kappa shape index (κ2) is 6.05. The van der Waals surface area contributed by atoms with Gasteiger partial charge in [0.2, 0.25) is 5.91 Å². The highest BCUT2D eigenvalue weighted by atomic mass is 16.2. The Bertz CT molecular complexity index is 270. The van der Waals surface area contributed by atoms with E-state index >= 15 is 0 Å². The van der Waals surface area contributed by atoms with Crippen molar-refractivity contribution in [3.63, 3.8) is 0 Å². The highest BCUT2D eigenvalue weighted by molar-refractivity contribution is 5.82. The Kier molecular flexibility index (Phi) is 5.20. The zero-order valence-corrected chi connectivity index (χ0v) is 12.6. The van der Waals surface area contributed by atoms with Gasteiger partial charge >= 0.3 is 0 Å². The first-order valence-corrected chi connectivity index (χ1v) is 7.46. The summed E-state index contributed by atoms with van der Waals surface area (Å²) >= 11 is 0. The summed E-state index contributed by atoms with van der Waals surface area (Å²) in [4.78, 5) is 14.6. The summed E-state index contributed by atoms with van der Waals surface area (Å²) in [7, 11) is 0. The molecule has 1 rings (SSSR count). The number of hydrogen-bond acceptors (Lipinski definition) is 2. The van der Waals surface area contributed by atoms with E-state index in [0.717, 1.165) is 32.4 Å². The van der Waals surface area contributed by atoms with Crippen molar-refractivity contribution in [3.8, 4) is 0 Å². The molecule has 0 aliphatic carbocycles. The van der Waals surface area contributed by atoms with E-state index in [4.69, 9.17) is 5.73 Å². The third-order valence-corrected chi connectivity index (χ3v) is 5.36. The normalized spacial score (nSPS) is 22.6. The molecule has 0 bridgehead atoms. The van der Waals surface area contributed by atoms with Crippen LogP contribution >= 0.6 is 0 Å². The minimum absolute atomic E-state index is 0.258. The van der Waals surface area contributed by atoms with Gasteiger partial charge in [0.25, 0.3) is 0 Å². The molecule has 1 unspecified atom stereocenters. The number of nitrogens with zero attached hydrogens (tertiary/aromatic N) is 1. The maximum atomic E-state index is 12.5. The van der Waals surface area contributed by atoms with Crippen LogP contribution in [0.4, 0.5) is 0 Å². The topological polar surface area (TPSA) is 46.3 Å². The van der Waals surface area contributed by atoms with Crippen LogP contribution in [-0.4, -0.2) is 30.4 Å². The van der Waals surface area contributed by atoms with Crippen LogP contribution in [0.25, 0.3) is 0 Å². The number of hydrogen-bond donors (Lipinski definition) is 1. The molecule has 1 aliphatic rings. The van der Waals surface area contributed by atoms with Gasteiger partial charge in [-0.05, 0) is 31.6 Å². The number of carbonyl (C=O) groups excluding carboxylic acids is 1. The quantitative estimate of drug-likeness (QED) is 0.820. The first kappa shape index (κ1) is 15.5. The molecule has 106 valence electrons. The zero-order valence-electron chi connectivity index (χ0n) is 12.6. The number of rotatable bonds is 5. The summed E-state index contributed by atoms with van der Waals surface area (Å²) in [6, 6.07) is 0. The third-order valence-electron chi connectivity index (χ3n) is 5.36. The summed E-state index contributed by atoms with van der Waals surface area (Å²) in [5, 5.41) is 0. The number of piperidine rings is 1. The van der Waals surface area contributed by atoms with Crippen LogP contribution in [0.3, 0.4) is 0 Å². The van der Waals surface area contributed by atoms with E-state index in [2.05, 4.69) is 20.8 Å². The molecule has 0 aromatic carbocycles. The van der Waals surface area contributed by atoms with Gasteiger partial charge in [-0.15, -0.1) is 0 Å². The highest BCUT2D eigenvalue weighted by Gasteiger charge is 2.38.